The highest BCUT2D eigenvalue weighted by Gasteiger charge is 2.44. The number of rotatable bonds is 16. The zero-order valence-corrected chi connectivity index (χ0v) is 28.1. The third kappa shape index (κ3) is 13.0. The number of carbonyl (C=O) groups excluding carboxylic acids is 3. The number of alkyl halides is 6. The van der Waals surface area contributed by atoms with Crippen molar-refractivity contribution in [3.63, 3.8) is 0 Å². The van der Waals surface area contributed by atoms with Crippen molar-refractivity contribution in [1.82, 2.24) is 30.6 Å². The maximum absolute atomic E-state index is 14.4. The Bertz CT molecular complexity index is 1480. The fourth-order valence-electron chi connectivity index (χ4n) is 5.07. The summed E-state index contributed by atoms with van der Waals surface area (Å²) in [4.78, 5) is 76.5. The second-order valence-corrected chi connectivity index (χ2v) is 13.2. The first-order chi connectivity index (χ1) is 23.7. The maximum atomic E-state index is 14.4. The quantitative estimate of drug-likeness (QED) is 0.180. The van der Waals surface area contributed by atoms with Crippen LogP contribution in [0, 0.1) is 11.8 Å². The number of hydrogen-bond donors (Lipinski definition) is 4. The molecule has 1 aliphatic carbocycles. The molecule has 2 aromatic rings. The Labute approximate surface area is 293 Å². The van der Waals surface area contributed by atoms with Crippen LogP contribution in [0.25, 0.3) is 0 Å². The molecule has 0 spiro atoms. The minimum absolute atomic E-state index is 0.0752. The Hall–Kier alpha value is -4.41. The lowest BCUT2D eigenvalue weighted by Crippen LogP contribution is -2.42. The molecule has 1 aliphatic rings. The van der Waals surface area contributed by atoms with E-state index in [1.807, 2.05) is 0 Å². The minimum Gasteiger partial charge on any atom is -0.480 e. The van der Waals surface area contributed by atoms with Crippen LogP contribution in [0.1, 0.15) is 55.1 Å². The fourth-order valence-corrected chi connectivity index (χ4v) is 7.89. The summed E-state index contributed by atoms with van der Waals surface area (Å²) in [6.07, 6.45) is -8.08. The zero-order valence-electron chi connectivity index (χ0n) is 26.4. The molecule has 3 rings (SSSR count). The summed E-state index contributed by atoms with van der Waals surface area (Å²) in [5.41, 5.74) is -0.169. The highest BCUT2D eigenvalue weighted by atomic mass is 32.2. The number of carboxylic acids is 2. The molecule has 0 saturated heterocycles. The number of aromatic nitrogens is 4. The second-order valence-electron chi connectivity index (χ2n) is 10.8. The lowest BCUT2D eigenvalue weighted by molar-refractivity contribution is -0.278. The summed E-state index contributed by atoms with van der Waals surface area (Å²) >= 11 is 1.54. The van der Waals surface area contributed by atoms with Crippen LogP contribution in [-0.4, -0.2) is 96.0 Å². The Morgan fingerprint density at radius 3 is 1.84 bits per heavy atom. The first-order valence-corrected chi connectivity index (χ1v) is 16.8. The summed E-state index contributed by atoms with van der Waals surface area (Å²) in [6, 6.07) is -2.13. The third-order valence-corrected chi connectivity index (χ3v) is 9.88. The van der Waals surface area contributed by atoms with Gasteiger partial charge in [-0.05, 0) is 18.9 Å². The summed E-state index contributed by atoms with van der Waals surface area (Å²) < 4.78 is 85.9. The largest absolute Gasteiger partial charge is 0.575 e. The van der Waals surface area contributed by atoms with E-state index >= 15 is 0 Å². The molecule has 4 unspecified atom stereocenters. The Morgan fingerprint density at radius 1 is 0.824 bits per heavy atom. The number of nitrogens with one attached hydrogen (secondary N) is 2. The van der Waals surface area contributed by atoms with E-state index in [9.17, 15) is 60.5 Å². The zero-order chi connectivity index (χ0) is 38.1. The van der Waals surface area contributed by atoms with Gasteiger partial charge in [0.1, 0.15) is 23.7 Å². The topological polar surface area (TPSA) is 220 Å². The smallest absolute Gasteiger partial charge is 0.480 e. The number of aliphatic carboxylic acids is 2. The van der Waals surface area contributed by atoms with Gasteiger partial charge in [0.05, 0.1) is 16.2 Å². The van der Waals surface area contributed by atoms with Gasteiger partial charge in [0.25, 0.3) is 0 Å². The van der Waals surface area contributed by atoms with E-state index in [0.29, 0.717) is 0 Å². The molecular weight excluding hydrogens is 742 g/mol. The number of ketones is 1. The van der Waals surface area contributed by atoms with Crippen molar-refractivity contribution < 1.29 is 70.0 Å². The average Bonchev–Trinajstić information content (AvgIpc) is 2.99. The van der Waals surface area contributed by atoms with Gasteiger partial charge >= 0.3 is 30.7 Å². The lowest BCUT2D eigenvalue weighted by Gasteiger charge is -2.36. The average molecular weight is 773 g/mol. The maximum Gasteiger partial charge on any atom is 0.575 e. The predicted octanol–water partition coefficient (Wildman–Crippen LogP) is 3.48. The molecule has 1 fully saturated rings. The van der Waals surface area contributed by atoms with E-state index in [4.69, 9.17) is 0 Å². The summed E-state index contributed by atoms with van der Waals surface area (Å²) in [5.74, 6) is -9.26. The molecule has 2 heterocycles. The molecule has 23 heteroatoms. The predicted molar refractivity (Wildman–Crippen MR) is 164 cm³/mol. The van der Waals surface area contributed by atoms with E-state index in [1.54, 1.807) is 0 Å². The summed E-state index contributed by atoms with van der Waals surface area (Å²) in [7, 11) is 0. The molecule has 2 amide bonds. The van der Waals surface area contributed by atoms with Crippen molar-refractivity contribution in [3.05, 3.63) is 36.0 Å². The number of thioether (sulfide) groups is 2. The lowest BCUT2D eigenvalue weighted by atomic mass is 9.76. The van der Waals surface area contributed by atoms with Crippen LogP contribution in [0.5, 0.6) is 11.9 Å². The summed E-state index contributed by atoms with van der Waals surface area (Å²) in [5, 5.41) is 21.3. The molecule has 51 heavy (non-hydrogen) atoms. The van der Waals surface area contributed by atoms with Gasteiger partial charge in [-0.3, -0.25) is 14.4 Å². The summed E-state index contributed by atoms with van der Waals surface area (Å²) in [6.45, 7) is 2.12. The number of amides is 2. The molecule has 0 bridgehead atoms. The van der Waals surface area contributed by atoms with Crippen LogP contribution in [-0.2, 0) is 24.0 Å². The molecule has 15 nitrogen and oxygen atoms in total. The fraction of sp³-hybridized carbons (Fsp3) is 0.536. The van der Waals surface area contributed by atoms with Crippen molar-refractivity contribution in [2.24, 2.45) is 11.8 Å². The number of carbonyl (C=O) groups is 5. The van der Waals surface area contributed by atoms with Gasteiger partial charge in [0.15, 0.2) is 0 Å². The SMILES string of the molecule is CC(=O)N[C@@H](CSC(c1ccnc(OC(F)(F)F)n1)C1CCCC(C(SC[C@H](NC(C)=O)C(=O)O)c2nccc(OC(F)(F)F)n2)C1=O)C(=O)O. The highest BCUT2D eigenvalue weighted by molar-refractivity contribution is 7.99. The Kier molecular flexibility index (Phi) is 14.2. The number of carboxylic acid groups (broad SMARTS) is 2. The van der Waals surface area contributed by atoms with E-state index in [0.717, 1.165) is 55.8 Å². The van der Waals surface area contributed by atoms with E-state index in [-0.39, 0.29) is 36.5 Å². The van der Waals surface area contributed by atoms with Crippen molar-refractivity contribution in [2.75, 3.05) is 11.5 Å². The highest BCUT2D eigenvalue weighted by Crippen LogP contribution is 2.48. The van der Waals surface area contributed by atoms with Gasteiger partial charge in [-0.2, -0.15) is 9.97 Å². The molecule has 1 saturated carbocycles. The molecule has 4 N–H and O–H groups in total. The van der Waals surface area contributed by atoms with Gasteiger partial charge in [0, 0.05) is 55.6 Å². The van der Waals surface area contributed by atoms with Crippen LogP contribution in [0.4, 0.5) is 26.3 Å². The minimum atomic E-state index is -5.19. The number of hydrogen-bond acceptors (Lipinski definition) is 13. The van der Waals surface area contributed by atoms with Crippen molar-refractivity contribution in [1.29, 1.82) is 0 Å². The van der Waals surface area contributed by atoms with Crippen molar-refractivity contribution in [2.45, 2.75) is 68.4 Å². The van der Waals surface area contributed by atoms with Gasteiger partial charge < -0.3 is 30.3 Å². The molecule has 280 valence electrons. The molecule has 0 radical (unpaired) electrons. The number of Topliss-reactive ketones (excluding diaryl/α,β-unsaturated/α-hetero) is 1. The normalized spacial score (nSPS) is 18.9. The van der Waals surface area contributed by atoms with Crippen LogP contribution in [0.2, 0.25) is 0 Å². The van der Waals surface area contributed by atoms with Crippen molar-refractivity contribution >= 4 is 53.1 Å². The standard InChI is InChI=1S/C28H30F6N6O9S2/c1-12(41)37-17(24(44)45)10-50-21(16-6-8-36-26(39-16)49-28(32,33)34)14-4-3-5-15(20(14)43)22(51-11-18(25(46)47)38-13(2)42)23-35-9-7-19(40-23)48-27(29,30)31/h6-9,14-15,17-18,21-22H,3-5,10-11H2,1-2H3,(H,37,41)(H,38,42)(H,44,45)(H,46,47)/t14?,15?,17-,18-,21?,22?/m0/s1. The van der Waals surface area contributed by atoms with E-state index in [1.165, 1.54) is 6.07 Å². The molecular formula is C28H30F6N6O9S2. The van der Waals surface area contributed by atoms with Gasteiger partial charge in [-0.15, -0.1) is 49.9 Å². The first kappa shape index (κ1) is 41.0. The Morgan fingerprint density at radius 2 is 1.33 bits per heavy atom. The van der Waals surface area contributed by atoms with E-state index in [2.05, 4.69) is 40.0 Å². The van der Waals surface area contributed by atoms with Gasteiger partial charge in [-0.1, -0.05) is 6.42 Å². The first-order valence-electron chi connectivity index (χ1n) is 14.7. The number of ether oxygens (including phenoxy) is 2. The monoisotopic (exact) mass is 772 g/mol. The van der Waals surface area contributed by atoms with Crippen molar-refractivity contribution in [3.8, 4) is 11.9 Å². The van der Waals surface area contributed by atoms with Gasteiger partial charge in [0.2, 0.25) is 17.7 Å². The third-order valence-electron chi connectivity index (χ3n) is 7.01. The second kappa shape index (κ2) is 17.7. The van der Waals surface area contributed by atoms with Gasteiger partial charge in [-0.25, -0.2) is 19.6 Å². The Balaban J connectivity index is 2.07. The van der Waals surface area contributed by atoms with E-state index < -0.39 is 94.3 Å². The molecule has 2 aromatic heterocycles. The molecule has 6 atom stereocenters. The van der Waals surface area contributed by atoms with Crippen LogP contribution >= 0.6 is 23.5 Å². The van der Waals surface area contributed by atoms with Crippen LogP contribution in [0.3, 0.4) is 0 Å². The molecule has 0 aromatic carbocycles. The molecule has 0 aliphatic heterocycles. The number of halogens is 6. The number of nitrogens with zero attached hydrogens (tertiary/aromatic N) is 4. The van der Waals surface area contributed by atoms with Crippen LogP contribution < -0.4 is 20.1 Å². The van der Waals surface area contributed by atoms with Crippen LogP contribution in [0.15, 0.2) is 24.5 Å².